The molecule has 0 aliphatic heterocycles. The van der Waals surface area contributed by atoms with Gasteiger partial charge in [0.25, 0.3) is 0 Å². The number of rotatable bonds is 26. The number of allylic oxidation sites excluding steroid dienone is 4. The Morgan fingerprint density at radius 3 is 1.67 bits per heavy atom. The van der Waals surface area contributed by atoms with Crippen LogP contribution in [0, 0.1) is 0 Å². The maximum atomic E-state index is 12.1. The number of unbranched alkanes of at least 4 members (excludes halogenated alkanes) is 8. The SMILES string of the molecule is CCCC/C=C\C/C=C\CCCCCCCC(=O)OC(CO)COP(=O)(O)OCC(CO)OC(=O)CCCC. The number of aliphatic hydroxyl groups excluding tert-OH is 2. The lowest BCUT2D eigenvalue weighted by Gasteiger charge is -2.20. The van der Waals surface area contributed by atoms with Crippen molar-refractivity contribution in [3.63, 3.8) is 0 Å². The Hall–Kier alpha value is -1.55. The maximum absolute atomic E-state index is 12.1. The number of ether oxygens (including phenoxy) is 2. The lowest BCUT2D eigenvalue weighted by Crippen LogP contribution is -2.28. The van der Waals surface area contributed by atoms with Gasteiger partial charge in [-0.25, -0.2) is 4.57 Å². The Morgan fingerprint density at radius 1 is 0.692 bits per heavy atom. The number of phosphoric acid groups is 1. The molecule has 0 spiro atoms. The lowest BCUT2D eigenvalue weighted by atomic mass is 10.1. The number of carbonyl (C=O) groups excluding carboxylic acids is 2. The number of esters is 2. The Balaban J connectivity index is 4.02. The van der Waals surface area contributed by atoms with E-state index < -0.39 is 58.4 Å². The molecule has 0 radical (unpaired) electrons. The highest BCUT2D eigenvalue weighted by molar-refractivity contribution is 7.47. The highest BCUT2D eigenvalue weighted by Crippen LogP contribution is 2.43. The summed E-state index contributed by atoms with van der Waals surface area (Å²) in [7, 11) is -4.60. The second kappa shape index (κ2) is 25.4. The second-order valence-electron chi connectivity index (χ2n) is 9.38. The first kappa shape index (κ1) is 37.5. The van der Waals surface area contributed by atoms with Gasteiger partial charge in [0.2, 0.25) is 0 Å². The molecule has 0 aliphatic carbocycles. The summed E-state index contributed by atoms with van der Waals surface area (Å²) in [6.45, 7) is 1.80. The van der Waals surface area contributed by atoms with Crippen molar-refractivity contribution < 1.29 is 47.8 Å². The molecule has 0 aromatic carbocycles. The van der Waals surface area contributed by atoms with Crippen molar-refractivity contribution in [3.05, 3.63) is 24.3 Å². The molecular weight excluding hydrogens is 527 g/mol. The fraction of sp³-hybridized carbons (Fsp3) is 0.786. The van der Waals surface area contributed by atoms with Crippen LogP contribution in [-0.4, -0.2) is 65.7 Å². The summed E-state index contributed by atoms with van der Waals surface area (Å²) >= 11 is 0. The van der Waals surface area contributed by atoms with Gasteiger partial charge in [-0.05, 0) is 38.5 Å². The van der Waals surface area contributed by atoms with Crippen molar-refractivity contribution in [3.8, 4) is 0 Å². The molecule has 10 nitrogen and oxygen atoms in total. The molecule has 11 heteroatoms. The molecule has 3 N–H and O–H groups in total. The van der Waals surface area contributed by atoms with Gasteiger partial charge in [0.15, 0.2) is 0 Å². The summed E-state index contributed by atoms with van der Waals surface area (Å²) < 4.78 is 31.7. The van der Waals surface area contributed by atoms with Crippen molar-refractivity contribution in [2.24, 2.45) is 0 Å². The van der Waals surface area contributed by atoms with Crippen molar-refractivity contribution >= 4 is 19.8 Å². The van der Waals surface area contributed by atoms with Crippen LogP contribution >= 0.6 is 7.82 Å². The fourth-order valence-corrected chi connectivity index (χ4v) is 4.13. The van der Waals surface area contributed by atoms with Gasteiger partial charge in [0.1, 0.15) is 12.2 Å². The summed E-state index contributed by atoms with van der Waals surface area (Å²) in [5.74, 6) is -1.07. The van der Waals surface area contributed by atoms with E-state index in [4.69, 9.17) is 18.5 Å². The average molecular weight is 579 g/mol. The van der Waals surface area contributed by atoms with Crippen LogP contribution in [0.3, 0.4) is 0 Å². The number of aliphatic hydroxyl groups is 2. The van der Waals surface area contributed by atoms with Crippen molar-refractivity contribution in [2.75, 3.05) is 26.4 Å². The summed E-state index contributed by atoms with van der Waals surface area (Å²) in [4.78, 5) is 33.5. The van der Waals surface area contributed by atoms with Crippen LogP contribution in [0.4, 0.5) is 0 Å². The van der Waals surface area contributed by atoms with E-state index in [1.807, 2.05) is 6.92 Å². The Bertz CT molecular complexity index is 725. The van der Waals surface area contributed by atoms with Gasteiger partial charge in [0, 0.05) is 12.8 Å². The standard InChI is InChI=1S/C28H51O10P/c1-3-5-7-8-9-10-11-12-13-14-15-16-17-18-20-28(32)38-26(22-30)24-36-39(33,34)35-23-25(21-29)37-27(31)19-6-4-2/h8-9,11-12,25-26,29-30H,3-7,10,13-24H2,1-2H3,(H,33,34)/b9-8-,12-11-. The second-order valence-corrected chi connectivity index (χ2v) is 10.8. The quantitative estimate of drug-likeness (QED) is 0.0517. The third-order valence-corrected chi connectivity index (χ3v) is 6.62. The molecular formula is C28H51O10P. The van der Waals surface area contributed by atoms with Crippen molar-refractivity contribution in [1.29, 1.82) is 0 Å². The molecule has 0 aliphatic rings. The molecule has 3 atom stereocenters. The van der Waals surface area contributed by atoms with E-state index in [1.54, 1.807) is 0 Å². The van der Waals surface area contributed by atoms with Crippen LogP contribution in [-0.2, 0) is 32.7 Å². The maximum Gasteiger partial charge on any atom is 0.472 e. The Labute approximate surface area is 234 Å². The third kappa shape index (κ3) is 24.0. The normalized spacial score (nSPS) is 14.9. The molecule has 0 saturated carbocycles. The van der Waals surface area contributed by atoms with E-state index in [2.05, 4.69) is 31.2 Å². The smallest absolute Gasteiger partial charge is 0.457 e. The molecule has 39 heavy (non-hydrogen) atoms. The summed E-state index contributed by atoms with van der Waals surface area (Å²) in [5, 5.41) is 18.7. The number of hydrogen-bond acceptors (Lipinski definition) is 9. The van der Waals surface area contributed by atoms with E-state index in [0.29, 0.717) is 12.8 Å². The van der Waals surface area contributed by atoms with Crippen LogP contribution in [0.5, 0.6) is 0 Å². The monoisotopic (exact) mass is 578 g/mol. The average Bonchev–Trinajstić information content (AvgIpc) is 2.92. The summed E-state index contributed by atoms with van der Waals surface area (Å²) in [6.07, 6.45) is 18.7. The van der Waals surface area contributed by atoms with E-state index in [1.165, 1.54) is 12.8 Å². The minimum absolute atomic E-state index is 0.166. The molecule has 0 heterocycles. The molecule has 0 aromatic rings. The van der Waals surface area contributed by atoms with Crippen LogP contribution < -0.4 is 0 Å². The molecule has 228 valence electrons. The van der Waals surface area contributed by atoms with E-state index >= 15 is 0 Å². The highest BCUT2D eigenvalue weighted by atomic mass is 31.2. The van der Waals surface area contributed by atoms with Gasteiger partial charge in [-0.1, -0.05) is 76.7 Å². The molecule has 0 aromatic heterocycles. The molecule has 0 rings (SSSR count). The topological polar surface area (TPSA) is 149 Å². The molecule has 0 amide bonds. The van der Waals surface area contributed by atoms with Gasteiger partial charge in [-0.2, -0.15) is 0 Å². The number of hydrogen-bond donors (Lipinski definition) is 3. The first-order chi connectivity index (χ1) is 18.8. The first-order valence-electron chi connectivity index (χ1n) is 14.3. The van der Waals surface area contributed by atoms with E-state index in [-0.39, 0.29) is 12.8 Å². The predicted molar refractivity (Wildman–Crippen MR) is 150 cm³/mol. The zero-order valence-electron chi connectivity index (χ0n) is 23.8. The molecule has 3 unspecified atom stereocenters. The molecule has 0 saturated heterocycles. The van der Waals surface area contributed by atoms with Crippen LogP contribution in [0.15, 0.2) is 24.3 Å². The Kier molecular flexibility index (Phi) is 24.4. The lowest BCUT2D eigenvalue weighted by molar-refractivity contribution is -0.153. The largest absolute Gasteiger partial charge is 0.472 e. The van der Waals surface area contributed by atoms with Gasteiger partial charge in [0.05, 0.1) is 26.4 Å². The van der Waals surface area contributed by atoms with Crippen LogP contribution in [0.1, 0.15) is 104 Å². The predicted octanol–water partition coefficient (Wildman–Crippen LogP) is 5.54. The van der Waals surface area contributed by atoms with Crippen LogP contribution in [0.2, 0.25) is 0 Å². The zero-order valence-corrected chi connectivity index (χ0v) is 24.7. The Morgan fingerprint density at radius 2 is 1.15 bits per heavy atom. The minimum atomic E-state index is -4.60. The van der Waals surface area contributed by atoms with Gasteiger partial charge >= 0.3 is 19.8 Å². The zero-order chi connectivity index (χ0) is 29.2. The van der Waals surface area contributed by atoms with Crippen molar-refractivity contribution in [2.45, 2.75) is 116 Å². The fourth-order valence-electron chi connectivity index (χ4n) is 3.34. The summed E-state index contributed by atoms with van der Waals surface area (Å²) in [5.41, 5.74) is 0. The first-order valence-corrected chi connectivity index (χ1v) is 15.8. The minimum Gasteiger partial charge on any atom is -0.457 e. The molecule has 0 fully saturated rings. The van der Waals surface area contributed by atoms with Gasteiger partial charge in [-0.3, -0.25) is 18.6 Å². The van der Waals surface area contributed by atoms with Crippen LogP contribution in [0.25, 0.3) is 0 Å². The molecule has 0 bridgehead atoms. The van der Waals surface area contributed by atoms with Gasteiger partial charge in [-0.15, -0.1) is 0 Å². The highest BCUT2D eigenvalue weighted by Gasteiger charge is 2.27. The number of carbonyl (C=O) groups is 2. The third-order valence-electron chi connectivity index (χ3n) is 5.67. The van der Waals surface area contributed by atoms with Gasteiger partial charge < -0.3 is 24.6 Å². The summed E-state index contributed by atoms with van der Waals surface area (Å²) in [6, 6.07) is 0. The van der Waals surface area contributed by atoms with E-state index in [9.17, 15) is 29.3 Å². The van der Waals surface area contributed by atoms with Crippen molar-refractivity contribution in [1.82, 2.24) is 0 Å². The van der Waals surface area contributed by atoms with E-state index in [0.717, 1.165) is 51.4 Å². The number of phosphoric ester groups is 1.